The first-order chi connectivity index (χ1) is 15.1. The van der Waals surface area contributed by atoms with Gasteiger partial charge in [0.2, 0.25) is 0 Å². The van der Waals surface area contributed by atoms with E-state index in [1.165, 1.54) is 7.69 Å². The lowest BCUT2D eigenvalue weighted by Gasteiger charge is -2.10. The predicted octanol–water partition coefficient (Wildman–Crippen LogP) is 7.47. The SMILES string of the molecule is Clc1ccc(Nc2ccc(O[B]Oc3ccc(Nc4ccc(Cl)cc4)cc3)cc2)cc1. The maximum Gasteiger partial charge on any atom is 0.658 e. The quantitative estimate of drug-likeness (QED) is 0.275. The average Bonchev–Trinajstić information content (AvgIpc) is 2.79. The predicted molar refractivity (Wildman–Crippen MR) is 129 cm³/mol. The highest BCUT2D eigenvalue weighted by Gasteiger charge is 2.03. The Morgan fingerprint density at radius 2 is 0.742 bits per heavy atom. The van der Waals surface area contributed by atoms with E-state index in [-0.39, 0.29) is 0 Å². The first-order valence-corrected chi connectivity index (χ1v) is 10.3. The molecule has 0 aliphatic heterocycles. The second-order valence-electron chi connectivity index (χ2n) is 6.64. The van der Waals surface area contributed by atoms with Crippen LogP contribution in [0.4, 0.5) is 22.7 Å². The van der Waals surface area contributed by atoms with Gasteiger partial charge in [0.1, 0.15) is 11.5 Å². The number of hydrogen-bond donors (Lipinski definition) is 2. The minimum Gasteiger partial charge on any atom is -0.526 e. The number of hydrogen-bond acceptors (Lipinski definition) is 4. The summed E-state index contributed by atoms with van der Waals surface area (Å²) in [6.45, 7) is 0. The van der Waals surface area contributed by atoms with Gasteiger partial charge in [-0.25, -0.2) is 0 Å². The van der Waals surface area contributed by atoms with E-state index in [4.69, 9.17) is 32.5 Å². The summed E-state index contributed by atoms with van der Waals surface area (Å²) in [6.07, 6.45) is 0. The van der Waals surface area contributed by atoms with Crippen LogP contribution in [0.15, 0.2) is 97.1 Å². The third kappa shape index (κ3) is 6.35. The Morgan fingerprint density at radius 3 is 1.06 bits per heavy atom. The van der Waals surface area contributed by atoms with E-state index in [1.54, 1.807) is 0 Å². The third-order valence-corrected chi connectivity index (χ3v) is 4.85. The maximum atomic E-state index is 5.91. The smallest absolute Gasteiger partial charge is 0.526 e. The summed E-state index contributed by atoms with van der Waals surface area (Å²) in [5.74, 6) is 1.34. The van der Waals surface area contributed by atoms with E-state index in [1.807, 2.05) is 97.1 Å². The largest absolute Gasteiger partial charge is 0.658 e. The van der Waals surface area contributed by atoms with Crippen LogP contribution >= 0.6 is 23.2 Å². The summed E-state index contributed by atoms with van der Waals surface area (Å²) < 4.78 is 11.1. The fourth-order valence-electron chi connectivity index (χ4n) is 2.77. The Kier molecular flexibility index (Phi) is 6.87. The van der Waals surface area contributed by atoms with Gasteiger partial charge < -0.3 is 19.9 Å². The fourth-order valence-corrected chi connectivity index (χ4v) is 3.02. The van der Waals surface area contributed by atoms with Gasteiger partial charge in [-0.05, 0) is 97.1 Å². The maximum absolute atomic E-state index is 5.91. The Balaban J connectivity index is 1.24. The van der Waals surface area contributed by atoms with Crippen LogP contribution in [-0.4, -0.2) is 7.69 Å². The molecule has 0 saturated heterocycles. The van der Waals surface area contributed by atoms with E-state index in [0.717, 1.165) is 22.7 Å². The number of halogens is 2. The van der Waals surface area contributed by atoms with E-state index in [9.17, 15) is 0 Å². The molecule has 0 aliphatic carbocycles. The van der Waals surface area contributed by atoms with Crippen LogP contribution in [0.25, 0.3) is 0 Å². The van der Waals surface area contributed by atoms with E-state index < -0.39 is 0 Å². The van der Waals surface area contributed by atoms with Crippen molar-refractivity contribution in [1.29, 1.82) is 0 Å². The van der Waals surface area contributed by atoms with Crippen LogP contribution in [0.1, 0.15) is 0 Å². The molecule has 1 radical (unpaired) electrons. The molecule has 4 aromatic carbocycles. The Labute approximate surface area is 192 Å². The highest BCUT2D eigenvalue weighted by Crippen LogP contribution is 2.23. The van der Waals surface area contributed by atoms with Crippen molar-refractivity contribution < 1.29 is 9.31 Å². The van der Waals surface area contributed by atoms with Crippen molar-refractivity contribution in [2.45, 2.75) is 0 Å². The van der Waals surface area contributed by atoms with Crippen molar-refractivity contribution in [3.05, 3.63) is 107 Å². The topological polar surface area (TPSA) is 42.5 Å². The minimum absolute atomic E-state index is 0.669. The summed E-state index contributed by atoms with van der Waals surface area (Å²) >= 11 is 11.8. The van der Waals surface area contributed by atoms with Crippen molar-refractivity contribution >= 4 is 53.6 Å². The first kappa shape index (κ1) is 21.0. The molecule has 7 heteroatoms. The fraction of sp³-hybridized carbons (Fsp3) is 0. The van der Waals surface area contributed by atoms with Gasteiger partial charge in [0.15, 0.2) is 0 Å². The normalized spacial score (nSPS) is 10.3. The lowest BCUT2D eigenvalue weighted by atomic mass is 10.2. The zero-order valence-corrected chi connectivity index (χ0v) is 17.9. The van der Waals surface area contributed by atoms with Crippen LogP contribution in [0.2, 0.25) is 10.0 Å². The van der Waals surface area contributed by atoms with Gasteiger partial charge in [0.25, 0.3) is 0 Å². The molecule has 0 aromatic heterocycles. The molecule has 0 unspecified atom stereocenters. The standard InChI is InChI=1S/C24H18BCl2N2O2/c26-17-1-5-19(6-2-17)28-21-9-13-23(14-10-21)30-25-31-24-15-11-22(12-16-24)29-20-7-3-18(27)4-8-20/h1-16,28-29H. The molecule has 0 saturated carbocycles. The molecule has 153 valence electrons. The highest BCUT2D eigenvalue weighted by molar-refractivity contribution is 6.30. The molecule has 31 heavy (non-hydrogen) atoms. The molecular weight excluding hydrogens is 430 g/mol. The molecule has 2 N–H and O–H groups in total. The summed E-state index contributed by atoms with van der Waals surface area (Å²) in [5.41, 5.74) is 3.81. The van der Waals surface area contributed by atoms with Gasteiger partial charge in [-0.3, -0.25) is 0 Å². The Bertz CT molecular complexity index is 1010. The van der Waals surface area contributed by atoms with Crippen LogP contribution in [0, 0.1) is 0 Å². The number of anilines is 4. The van der Waals surface area contributed by atoms with Crippen molar-refractivity contribution in [2.75, 3.05) is 10.6 Å². The number of rotatable bonds is 8. The van der Waals surface area contributed by atoms with Gasteiger partial charge in [0, 0.05) is 32.8 Å². The van der Waals surface area contributed by atoms with Crippen molar-refractivity contribution in [3.8, 4) is 11.5 Å². The summed E-state index contributed by atoms with van der Waals surface area (Å²) in [4.78, 5) is 0. The first-order valence-electron chi connectivity index (χ1n) is 9.54. The highest BCUT2D eigenvalue weighted by atomic mass is 35.5. The summed E-state index contributed by atoms with van der Waals surface area (Å²) in [7, 11) is 1.31. The van der Waals surface area contributed by atoms with Crippen molar-refractivity contribution in [2.24, 2.45) is 0 Å². The van der Waals surface area contributed by atoms with Gasteiger partial charge in [-0.2, -0.15) is 0 Å². The van der Waals surface area contributed by atoms with Crippen molar-refractivity contribution in [1.82, 2.24) is 0 Å². The minimum atomic E-state index is 0.669. The molecule has 0 aliphatic rings. The number of benzene rings is 4. The zero-order valence-electron chi connectivity index (χ0n) is 16.4. The molecule has 0 atom stereocenters. The van der Waals surface area contributed by atoms with E-state index in [2.05, 4.69) is 10.6 Å². The van der Waals surface area contributed by atoms with Gasteiger partial charge in [-0.1, -0.05) is 23.2 Å². The summed E-state index contributed by atoms with van der Waals surface area (Å²) in [5, 5.41) is 8.01. The second kappa shape index (κ2) is 10.2. The molecule has 4 aromatic rings. The number of nitrogens with one attached hydrogen (secondary N) is 2. The third-order valence-electron chi connectivity index (χ3n) is 4.34. The lowest BCUT2D eigenvalue weighted by Crippen LogP contribution is -2.10. The summed E-state index contributed by atoms with van der Waals surface area (Å²) in [6, 6.07) is 30.2. The lowest BCUT2D eigenvalue weighted by molar-refractivity contribution is 0.459. The van der Waals surface area contributed by atoms with E-state index in [0.29, 0.717) is 21.5 Å². The molecule has 0 bridgehead atoms. The average molecular weight is 448 g/mol. The van der Waals surface area contributed by atoms with Gasteiger partial charge >= 0.3 is 7.69 Å². The molecule has 0 spiro atoms. The molecular formula is C24H18BCl2N2O2. The Morgan fingerprint density at radius 1 is 0.452 bits per heavy atom. The molecule has 0 fully saturated rings. The zero-order chi connectivity index (χ0) is 21.5. The molecule has 4 rings (SSSR count). The Hall–Kier alpha value is -3.28. The van der Waals surface area contributed by atoms with Crippen LogP contribution in [0.5, 0.6) is 11.5 Å². The van der Waals surface area contributed by atoms with Crippen LogP contribution in [-0.2, 0) is 0 Å². The second-order valence-corrected chi connectivity index (χ2v) is 7.52. The monoisotopic (exact) mass is 447 g/mol. The van der Waals surface area contributed by atoms with Crippen LogP contribution in [0.3, 0.4) is 0 Å². The van der Waals surface area contributed by atoms with E-state index >= 15 is 0 Å². The van der Waals surface area contributed by atoms with Gasteiger partial charge in [-0.15, -0.1) is 0 Å². The van der Waals surface area contributed by atoms with Gasteiger partial charge in [0.05, 0.1) is 0 Å². The van der Waals surface area contributed by atoms with Crippen LogP contribution < -0.4 is 19.9 Å². The molecule has 0 heterocycles. The molecule has 4 nitrogen and oxygen atoms in total. The van der Waals surface area contributed by atoms with Crippen molar-refractivity contribution in [3.63, 3.8) is 0 Å². The molecule has 0 amide bonds.